The zero-order valence-corrected chi connectivity index (χ0v) is 15.6. The van der Waals surface area contributed by atoms with E-state index in [-0.39, 0.29) is 22.5 Å². The molecule has 0 unspecified atom stereocenters. The van der Waals surface area contributed by atoms with E-state index < -0.39 is 43.9 Å². The minimum absolute atomic E-state index is 0.0754. The molecule has 0 aliphatic carbocycles. The Morgan fingerprint density at radius 2 is 1.79 bits per heavy atom. The predicted octanol–water partition coefficient (Wildman–Crippen LogP) is 2.70. The lowest BCUT2D eigenvalue weighted by atomic mass is 10.1. The van der Waals surface area contributed by atoms with Gasteiger partial charge in [0.05, 0.1) is 15.4 Å². The van der Waals surface area contributed by atoms with E-state index >= 15 is 0 Å². The van der Waals surface area contributed by atoms with Crippen LogP contribution in [0.25, 0.3) is 0 Å². The molecule has 0 heterocycles. The number of hydrogen-bond donors (Lipinski definition) is 1. The van der Waals surface area contributed by atoms with Crippen molar-refractivity contribution in [1.82, 2.24) is 0 Å². The number of nitrogens with zero attached hydrogens (tertiary/aromatic N) is 1. The van der Waals surface area contributed by atoms with Gasteiger partial charge >= 0.3 is 11.7 Å². The Hall–Kier alpha value is -3.41. The number of carbonyl (C=O) groups is 2. The number of hydrogen-bond acceptors (Lipinski definition) is 7. The molecule has 0 bridgehead atoms. The molecule has 0 saturated carbocycles. The molecule has 1 N–H and O–H groups in total. The van der Waals surface area contributed by atoms with E-state index in [1.807, 2.05) is 0 Å². The third-order valence-corrected chi connectivity index (χ3v) is 5.16. The van der Waals surface area contributed by atoms with E-state index in [1.165, 1.54) is 25.1 Å². The maximum Gasteiger partial charge on any atom is 0.341 e. The Labute approximate surface area is 163 Å². The van der Waals surface area contributed by atoms with Crippen LogP contribution in [0.5, 0.6) is 0 Å². The van der Waals surface area contributed by atoms with Gasteiger partial charge in [0.1, 0.15) is 0 Å². The summed E-state index contributed by atoms with van der Waals surface area (Å²) in [7, 11) is -4.75. The number of amides is 1. The topological polar surface area (TPSA) is 133 Å². The summed E-state index contributed by atoms with van der Waals surface area (Å²) in [6.45, 7) is 0.641. The summed E-state index contributed by atoms with van der Waals surface area (Å²) < 4.78 is 52.4. The standard InChI is InChI=1S/C17H14F2N2O7S/c1-10-13(3-2-4-14(10)21(24)25)16(23)28-9-15(22)20-11-5-7-12(8-6-11)29(26,27)17(18)19/h2-8,17H,9H2,1H3,(H,20,22). The van der Waals surface area contributed by atoms with Crippen LogP contribution >= 0.6 is 0 Å². The number of rotatable bonds is 7. The second-order valence-corrected chi connectivity index (χ2v) is 7.58. The normalized spacial score (nSPS) is 11.2. The first-order valence-corrected chi connectivity index (χ1v) is 9.41. The summed E-state index contributed by atoms with van der Waals surface area (Å²) >= 11 is 0. The average Bonchev–Trinajstić information content (AvgIpc) is 2.66. The lowest BCUT2D eigenvalue weighted by molar-refractivity contribution is -0.385. The Bertz CT molecular complexity index is 1050. The number of nitro benzene ring substituents is 1. The number of nitrogens with one attached hydrogen (secondary N) is 1. The Balaban J connectivity index is 1.99. The Morgan fingerprint density at radius 1 is 1.17 bits per heavy atom. The molecule has 0 saturated heterocycles. The first-order chi connectivity index (χ1) is 13.5. The highest BCUT2D eigenvalue weighted by Gasteiger charge is 2.26. The van der Waals surface area contributed by atoms with Crippen molar-refractivity contribution in [1.29, 1.82) is 0 Å². The fourth-order valence-corrected chi connectivity index (χ4v) is 3.00. The molecule has 12 heteroatoms. The summed E-state index contributed by atoms with van der Waals surface area (Å²) in [5.74, 6) is -5.30. The van der Waals surface area contributed by atoms with Crippen molar-refractivity contribution in [2.75, 3.05) is 11.9 Å². The van der Waals surface area contributed by atoms with Crippen molar-refractivity contribution in [3.05, 3.63) is 63.7 Å². The van der Waals surface area contributed by atoms with Crippen LogP contribution in [0.3, 0.4) is 0 Å². The van der Waals surface area contributed by atoms with Crippen LogP contribution in [0.1, 0.15) is 15.9 Å². The molecule has 0 radical (unpaired) electrons. The maximum atomic E-state index is 12.5. The average molecular weight is 428 g/mol. The molecule has 154 valence electrons. The van der Waals surface area contributed by atoms with Crippen molar-refractivity contribution in [3.63, 3.8) is 0 Å². The first kappa shape index (κ1) is 21.9. The highest BCUT2D eigenvalue weighted by atomic mass is 32.2. The van der Waals surface area contributed by atoms with Gasteiger partial charge < -0.3 is 10.1 Å². The van der Waals surface area contributed by atoms with E-state index in [2.05, 4.69) is 5.32 Å². The van der Waals surface area contributed by atoms with Crippen molar-refractivity contribution in [3.8, 4) is 0 Å². The van der Waals surface area contributed by atoms with Crippen molar-refractivity contribution in [2.45, 2.75) is 17.6 Å². The molecule has 2 aromatic carbocycles. The van der Waals surface area contributed by atoms with E-state index in [0.717, 1.165) is 24.3 Å². The van der Waals surface area contributed by atoms with Crippen LogP contribution in [-0.2, 0) is 19.4 Å². The number of alkyl halides is 2. The second-order valence-electron chi connectivity index (χ2n) is 5.66. The number of esters is 1. The number of benzene rings is 2. The quantitative estimate of drug-likeness (QED) is 0.407. The molecule has 2 rings (SSSR count). The Kier molecular flexibility index (Phi) is 6.59. The maximum absolute atomic E-state index is 12.5. The minimum Gasteiger partial charge on any atom is -0.452 e. The number of sulfone groups is 1. The largest absolute Gasteiger partial charge is 0.452 e. The number of ether oxygens (including phenoxy) is 1. The van der Waals surface area contributed by atoms with Gasteiger partial charge in [-0.2, -0.15) is 8.78 Å². The molecule has 0 aliphatic heterocycles. The molecule has 0 spiro atoms. The number of halogens is 2. The lowest BCUT2D eigenvalue weighted by Crippen LogP contribution is -2.21. The van der Waals surface area contributed by atoms with Gasteiger partial charge in [-0.1, -0.05) is 6.07 Å². The van der Waals surface area contributed by atoms with Gasteiger partial charge in [0.25, 0.3) is 11.6 Å². The number of nitro groups is 1. The van der Waals surface area contributed by atoms with Crippen molar-refractivity contribution >= 4 is 33.1 Å². The van der Waals surface area contributed by atoms with Gasteiger partial charge in [-0.05, 0) is 37.3 Å². The third-order valence-electron chi connectivity index (χ3n) is 3.76. The van der Waals surface area contributed by atoms with Crippen LogP contribution < -0.4 is 5.32 Å². The van der Waals surface area contributed by atoms with E-state index in [4.69, 9.17) is 4.74 Å². The van der Waals surface area contributed by atoms with Crippen LogP contribution in [0.2, 0.25) is 0 Å². The summed E-state index contributed by atoms with van der Waals surface area (Å²) in [5.41, 5.74) is -0.180. The zero-order valence-electron chi connectivity index (χ0n) is 14.8. The van der Waals surface area contributed by atoms with Crippen LogP contribution in [-0.4, -0.2) is 37.6 Å². The van der Waals surface area contributed by atoms with Gasteiger partial charge in [-0.15, -0.1) is 0 Å². The van der Waals surface area contributed by atoms with E-state index in [9.17, 15) is 36.9 Å². The predicted molar refractivity (Wildman–Crippen MR) is 96.4 cm³/mol. The highest BCUT2D eigenvalue weighted by molar-refractivity contribution is 7.91. The molecule has 0 aromatic heterocycles. The molecular formula is C17H14F2N2O7S. The minimum atomic E-state index is -4.75. The fourth-order valence-electron chi connectivity index (χ4n) is 2.28. The van der Waals surface area contributed by atoms with Gasteiger partial charge in [0.15, 0.2) is 6.61 Å². The second kappa shape index (κ2) is 8.73. The van der Waals surface area contributed by atoms with E-state index in [1.54, 1.807) is 0 Å². The molecule has 0 atom stereocenters. The molecular weight excluding hydrogens is 414 g/mol. The van der Waals surface area contributed by atoms with Crippen LogP contribution in [0, 0.1) is 17.0 Å². The molecule has 0 aliphatic rings. The molecule has 9 nitrogen and oxygen atoms in total. The van der Waals surface area contributed by atoms with Gasteiger partial charge in [0.2, 0.25) is 9.84 Å². The fraction of sp³-hybridized carbons (Fsp3) is 0.176. The summed E-state index contributed by atoms with van der Waals surface area (Å²) in [6, 6.07) is 7.82. The number of carbonyl (C=O) groups excluding carboxylic acids is 2. The Morgan fingerprint density at radius 3 is 2.34 bits per heavy atom. The SMILES string of the molecule is Cc1c(C(=O)OCC(=O)Nc2ccc(S(=O)(=O)C(F)F)cc2)cccc1[N+](=O)[O-]. The van der Waals surface area contributed by atoms with Crippen molar-refractivity contribution < 1.29 is 36.4 Å². The number of anilines is 1. The van der Waals surface area contributed by atoms with E-state index in [0.29, 0.717) is 0 Å². The third kappa shape index (κ3) is 5.10. The summed E-state index contributed by atoms with van der Waals surface area (Å²) in [6.07, 6.45) is 0. The smallest absolute Gasteiger partial charge is 0.341 e. The van der Waals surface area contributed by atoms with Crippen LogP contribution in [0.4, 0.5) is 20.2 Å². The van der Waals surface area contributed by atoms with Gasteiger partial charge in [-0.25, -0.2) is 13.2 Å². The highest BCUT2D eigenvalue weighted by Crippen LogP contribution is 2.22. The monoisotopic (exact) mass is 428 g/mol. The molecule has 29 heavy (non-hydrogen) atoms. The lowest BCUT2D eigenvalue weighted by Gasteiger charge is -2.09. The summed E-state index contributed by atoms with van der Waals surface area (Å²) in [4.78, 5) is 33.5. The molecule has 1 amide bonds. The molecule has 2 aromatic rings. The summed E-state index contributed by atoms with van der Waals surface area (Å²) in [5, 5.41) is 13.2. The first-order valence-electron chi connectivity index (χ1n) is 7.87. The van der Waals surface area contributed by atoms with Gasteiger partial charge in [0, 0.05) is 17.3 Å². The van der Waals surface area contributed by atoms with Gasteiger partial charge in [-0.3, -0.25) is 14.9 Å². The van der Waals surface area contributed by atoms with Crippen molar-refractivity contribution in [2.24, 2.45) is 0 Å². The zero-order chi connectivity index (χ0) is 21.8. The molecule has 0 fully saturated rings. The van der Waals surface area contributed by atoms with Crippen LogP contribution in [0.15, 0.2) is 47.4 Å².